The molecular formula is C20H21N3O3. The van der Waals surface area contributed by atoms with E-state index >= 15 is 0 Å². The monoisotopic (exact) mass is 351 g/mol. The van der Waals surface area contributed by atoms with Gasteiger partial charge in [-0.1, -0.05) is 36.4 Å². The summed E-state index contributed by atoms with van der Waals surface area (Å²) in [6.45, 7) is -0.0832. The maximum Gasteiger partial charge on any atom is 0.258 e. The van der Waals surface area contributed by atoms with Crippen LogP contribution in [0.1, 0.15) is 17.4 Å². The second-order valence-corrected chi connectivity index (χ2v) is 5.74. The van der Waals surface area contributed by atoms with Gasteiger partial charge in [0.05, 0.1) is 7.11 Å². The molecule has 1 N–H and O–H groups in total. The smallest absolute Gasteiger partial charge is 0.258 e. The van der Waals surface area contributed by atoms with Gasteiger partial charge < -0.3 is 19.4 Å². The average molecular weight is 351 g/mol. The third-order valence-electron chi connectivity index (χ3n) is 3.99. The van der Waals surface area contributed by atoms with E-state index in [-0.39, 0.29) is 12.5 Å². The Balaban J connectivity index is 1.80. The van der Waals surface area contributed by atoms with Crippen LogP contribution in [0, 0.1) is 0 Å². The second-order valence-electron chi connectivity index (χ2n) is 5.74. The number of carbonyl (C=O) groups excluding carboxylic acids is 1. The quantitative estimate of drug-likeness (QED) is 0.711. The predicted octanol–water partition coefficient (Wildman–Crippen LogP) is 2.71. The minimum atomic E-state index is -0.446. The molecule has 0 aliphatic rings. The van der Waals surface area contributed by atoms with E-state index in [9.17, 15) is 4.79 Å². The molecule has 6 nitrogen and oxygen atoms in total. The van der Waals surface area contributed by atoms with E-state index in [1.54, 1.807) is 13.3 Å². The molecule has 134 valence electrons. The van der Waals surface area contributed by atoms with Crippen molar-refractivity contribution in [3.8, 4) is 11.5 Å². The summed E-state index contributed by atoms with van der Waals surface area (Å²) >= 11 is 0. The average Bonchev–Trinajstić information content (AvgIpc) is 3.11. The van der Waals surface area contributed by atoms with Crippen LogP contribution in [0.25, 0.3) is 0 Å². The van der Waals surface area contributed by atoms with Crippen LogP contribution in [0.3, 0.4) is 0 Å². The van der Waals surface area contributed by atoms with Crippen molar-refractivity contribution in [2.24, 2.45) is 7.05 Å². The number of hydrogen-bond donors (Lipinski definition) is 1. The molecule has 2 aromatic carbocycles. The van der Waals surface area contributed by atoms with Crippen LogP contribution < -0.4 is 14.8 Å². The zero-order valence-corrected chi connectivity index (χ0v) is 14.8. The second kappa shape index (κ2) is 8.20. The normalized spacial score (nSPS) is 11.6. The first-order valence-corrected chi connectivity index (χ1v) is 8.26. The largest absolute Gasteiger partial charge is 0.496 e. The van der Waals surface area contributed by atoms with Gasteiger partial charge in [0.25, 0.3) is 5.91 Å². The highest BCUT2D eigenvalue weighted by Gasteiger charge is 2.23. The van der Waals surface area contributed by atoms with Crippen LogP contribution in [0.5, 0.6) is 11.5 Å². The highest BCUT2D eigenvalue weighted by molar-refractivity contribution is 5.78. The van der Waals surface area contributed by atoms with Crippen molar-refractivity contribution in [1.29, 1.82) is 0 Å². The van der Waals surface area contributed by atoms with Gasteiger partial charge in [0.2, 0.25) is 0 Å². The summed E-state index contributed by atoms with van der Waals surface area (Å²) in [5, 5.41) is 2.99. The number of aryl methyl sites for hydroxylation is 1. The van der Waals surface area contributed by atoms with Gasteiger partial charge in [-0.15, -0.1) is 0 Å². The van der Waals surface area contributed by atoms with E-state index < -0.39 is 6.04 Å². The van der Waals surface area contributed by atoms with Crippen molar-refractivity contribution in [3.63, 3.8) is 0 Å². The number of rotatable bonds is 7. The topological polar surface area (TPSA) is 65.4 Å². The molecule has 0 spiro atoms. The molecule has 0 radical (unpaired) electrons. The van der Waals surface area contributed by atoms with Crippen LogP contribution in [-0.2, 0) is 11.8 Å². The first-order valence-electron chi connectivity index (χ1n) is 8.26. The summed E-state index contributed by atoms with van der Waals surface area (Å²) in [5.41, 5.74) is 0.831. The summed E-state index contributed by atoms with van der Waals surface area (Å²) in [6, 6.07) is 16.3. The number of nitrogens with one attached hydrogen (secondary N) is 1. The molecule has 3 aromatic rings. The van der Waals surface area contributed by atoms with E-state index in [0.29, 0.717) is 17.3 Å². The fourth-order valence-corrected chi connectivity index (χ4v) is 2.71. The minimum Gasteiger partial charge on any atom is -0.496 e. The number of amides is 1. The molecule has 1 atom stereocenters. The lowest BCUT2D eigenvalue weighted by atomic mass is 10.0. The molecule has 26 heavy (non-hydrogen) atoms. The highest BCUT2D eigenvalue weighted by atomic mass is 16.5. The van der Waals surface area contributed by atoms with Gasteiger partial charge in [0, 0.05) is 25.0 Å². The van der Waals surface area contributed by atoms with Gasteiger partial charge in [0.1, 0.15) is 23.4 Å². The molecular weight excluding hydrogens is 330 g/mol. The number of nitrogens with zero attached hydrogens (tertiary/aromatic N) is 2. The number of ether oxygens (including phenoxy) is 2. The number of hydrogen-bond acceptors (Lipinski definition) is 4. The minimum absolute atomic E-state index is 0.0832. The van der Waals surface area contributed by atoms with Crippen molar-refractivity contribution in [3.05, 3.63) is 78.4 Å². The van der Waals surface area contributed by atoms with E-state index in [2.05, 4.69) is 10.3 Å². The van der Waals surface area contributed by atoms with E-state index in [1.165, 1.54) is 0 Å². The van der Waals surface area contributed by atoms with Crippen molar-refractivity contribution < 1.29 is 14.3 Å². The van der Waals surface area contributed by atoms with Crippen molar-refractivity contribution in [2.45, 2.75) is 6.04 Å². The Bertz CT molecular complexity index is 862. The van der Waals surface area contributed by atoms with Gasteiger partial charge in [0.15, 0.2) is 6.61 Å². The van der Waals surface area contributed by atoms with Crippen LogP contribution in [0.4, 0.5) is 0 Å². The first-order chi connectivity index (χ1) is 12.7. The molecule has 0 saturated carbocycles. The van der Waals surface area contributed by atoms with Gasteiger partial charge in [-0.25, -0.2) is 4.98 Å². The molecule has 1 aromatic heterocycles. The summed E-state index contributed by atoms with van der Waals surface area (Å²) in [5.74, 6) is 1.80. The molecule has 3 rings (SSSR count). The Kier molecular flexibility index (Phi) is 5.53. The van der Waals surface area contributed by atoms with Gasteiger partial charge >= 0.3 is 0 Å². The van der Waals surface area contributed by atoms with Gasteiger partial charge in [-0.3, -0.25) is 4.79 Å². The molecule has 0 saturated heterocycles. The van der Waals surface area contributed by atoms with Crippen LogP contribution in [0.2, 0.25) is 0 Å². The van der Waals surface area contributed by atoms with Crippen molar-refractivity contribution in [2.75, 3.05) is 13.7 Å². The molecule has 1 amide bonds. The van der Waals surface area contributed by atoms with E-state index in [4.69, 9.17) is 9.47 Å². The number of aromatic nitrogens is 2. The Hall–Kier alpha value is -3.28. The highest BCUT2D eigenvalue weighted by Crippen LogP contribution is 2.28. The Labute approximate surface area is 152 Å². The predicted molar refractivity (Wildman–Crippen MR) is 98.1 cm³/mol. The first kappa shape index (κ1) is 17.5. The van der Waals surface area contributed by atoms with Gasteiger partial charge in [-0.05, 0) is 18.2 Å². The summed E-state index contributed by atoms with van der Waals surface area (Å²) in [7, 11) is 3.49. The number of para-hydroxylation sites is 2. The number of carbonyl (C=O) groups is 1. The number of benzene rings is 2. The fraction of sp³-hybridized carbons (Fsp3) is 0.200. The maximum atomic E-state index is 12.5. The Morgan fingerprint density at radius 2 is 1.88 bits per heavy atom. The SMILES string of the molecule is COc1ccccc1[C@@H](NC(=O)COc1ccccc1)c1nccn1C. The lowest BCUT2D eigenvalue weighted by Gasteiger charge is -2.21. The Morgan fingerprint density at radius 3 is 2.58 bits per heavy atom. The molecule has 0 unspecified atom stereocenters. The van der Waals surface area contributed by atoms with E-state index in [1.807, 2.05) is 72.4 Å². The van der Waals surface area contributed by atoms with Crippen molar-refractivity contribution in [1.82, 2.24) is 14.9 Å². The number of imidazole rings is 1. The standard InChI is InChI=1S/C20H21N3O3/c1-23-13-12-21-20(23)19(16-10-6-7-11-17(16)25-2)22-18(24)14-26-15-8-4-3-5-9-15/h3-13,19H,14H2,1-2H3,(H,22,24)/t19-/m1/s1. The zero-order chi connectivity index (χ0) is 18.4. The summed E-state index contributed by atoms with van der Waals surface area (Å²) < 4.78 is 12.9. The number of methoxy groups -OCH3 is 1. The lowest BCUT2D eigenvalue weighted by molar-refractivity contribution is -0.123. The molecule has 0 aliphatic heterocycles. The van der Waals surface area contributed by atoms with Crippen LogP contribution >= 0.6 is 0 Å². The van der Waals surface area contributed by atoms with Crippen LogP contribution in [-0.4, -0.2) is 29.2 Å². The molecule has 0 bridgehead atoms. The fourth-order valence-electron chi connectivity index (χ4n) is 2.71. The van der Waals surface area contributed by atoms with Gasteiger partial charge in [-0.2, -0.15) is 0 Å². The van der Waals surface area contributed by atoms with Crippen molar-refractivity contribution >= 4 is 5.91 Å². The molecule has 0 aliphatic carbocycles. The Morgan fingerprint density at radius 1 is 1.15 bits per heavy atom. The summed E-state index contributed by atoms with van der Waals surface area (Å²) in [6.07, 6.45) is 3.54. The zero-order valence-electron chi connectivity index (χ0n) is 14.8. The lowest BCUT2D eigenvalue weighted by Crippen LogP contribution is -2.34. The third kappa shape index (κ3) is 4.03. The molecule has 0 fully saturated rings. The van der Waals surface area contributed by atoms with Crippen LogP contribution in [0.15, 0.2) is 67.0 Å². The maximum absolute atomic E-state index is 12.5. The molecule has 6 heteroatoms. The van der Waals surface area contributed by atoms with E-state index in [0.717, 1.165) is 5.56 Å². The third-order valence-corrected chi connectivity index (χ3v) is 3.99. The molecule has 1 heterocycles. The summed E-state index contributed by atoms with van der Waals surface area (Å²) in [4.78, 5) is 16.9.